The third-order valence-electron chi connectivity index (χ3n) is 2.93. The van der Waals surface area contributed by atoms with Gasteiger partial charge in [0.05, 0.1) is 0 Å². The summed E-state index contributed by atoms with van der Waals surface area (Å²) in [6, 6.07) is 6.52. The van der Waals surface area contributed by atoms with Gasteiger partial charge in [0.15, 0.2) is 0 Å². The van der Waals surface area contributed by atoms with E-state index in [4.69, 9.17) is 16.7 Å². The lowest BCUT2D eigenvalue weighted by Crippen LogP contribution is -2.54. The molecule has 0 spiro atoms. The van der Waals surface area contributed by atoms with E-state index in [1.54, 1.807) is 31.2 Å². The second kappa shape index (κ2) is 6.43. The average molecular weight is 285 g/mol. The summed E-state index contributed by atoms with van der Waals surface area (Å²) in [5.41, 5.74) is -0.377. The van der Waals surface area contributed by atoms with E-state index < -0.39 is 17.5 Å². The summed E-state index contributed by atoms with van der Waals surface area (Å²) in [4.78, 5) is 22.7. The molecule has 1 atom stereocenters. The van der Waals surface area contributed by atoms with E-state index in [1.165, 1.54) is 6.92 Å². The molecule has 0 bridgehead atoms. The van der Waals surface area contributed by atoms with Gasteiger partial charge in [0.25, 0.3) is 0 Å². The SMILES string of the molecule is CCC(C)(NC(=O)NCc1ccc(Cl)cc1)C(=O)O. The number of carbonyl (C=O) groups is 2. The lowest BCUT2D eigenvalue weighted by Gasteiger charge is -2.24. The zero-order valence-corrected chi connectivity index (χ0v) is 11.6. The molecule has 0 fully saturated rings. The van der Waals surface area contributed by atoms with Crippen molar-refractivity contribution in [1.82, 2.24) is 10.6 Å². The normalized spacial score (nSPS) is 13.4. The van der Waals surface area contributed by atoms with Gasteiger partial charge in [0.2, 0.25) is 0 Å². The van der Waals surface area contributed by atoms with Gasteiger partial charge in [-0.3, -0.25) is 0 Å². The number of amides is 2. The van der Waals surface area contributed by atoms with E-state index in [2.05, 4.69) is 10.6 Å². The molecule has 0 aliphatic carbocycles. The van der Waals surface area contributed by atoms with E-state index >= 15 is 0 Å². The zero-order chi connectivity index (χ0) is 14.5. The molecule has 2 amide bonds. The first-order chi connectivity index (χ1) is 8.87. The van der Waals surface area contributed by atoms with E-state index in [0.717, 1.165) is 5.56 Å². The van der Waals surface area contributed by atoms with E-state index in [1.807, 2.05) is 0 Å². The molecular formula is C13H17ClN2O3. The maximum absolute atomic E-state index is 11.7. The molecule has 19 heavy (non-hydrogen) atoms. The van der Waals surface area contributed by atoms with Gasteiger partial charge in [0.1, 0.15) is 5.54 Å². The molecular weight excluding hydrogens is 268 g/mol. The Hall–Kier alpha value is -1.75. The molecule has 104 valence electrons. The minimum atomic E-state index is -1.26. The first-order valence-corrected chi connectivity index (χ1v) is 6.29. The second-order valence-corrected chi connectivity index (χ2v) is 4.86. The predicted octanol–water partition coefficient (Wildman–Crippen LogP) is 2.39. The maximum atomic E-state index is 11.7. The summed E-state index contributed by atoms with van der Waals surface area (Å²) in [5, 5.41) is 14.7. The van der Waals surface area contributed by atoms with Crippen molar-refractivity contribution >= 4 is 23.6 Å². The van der Waals surface area contributed by atoms with Gasteiger partial charge in [-0.15, -0.1) is 0 Å². The number of nitrogens with one attached hydrogen (secondary N) is 2. The van der Waals surface area contributed by atoms with Crippen molar-refractivity contribution in [2.75, 3.05) is 0 Å². The smallest absolute Gasteiger partial charge is 0.329 e. The Balaban J connectivity index is 2.52. The highest BCUT2D eigenvalue weighted by molar-refractivity contribution is 6.30. The van der Waals surface area contributed by atoms with Crippen LogP contribution in [0, 0.1) is 0 Å². The van der Waals surface area contributed by atoms with E-state index in [9.17, 15) is 9.59 Å². The van der Waals surface area contributed by atoms with Crippen LogP contribution < -0.4 is 10.6 Å². The average Bonchev–Trinajstić information content (AvgIpc) is 2.37. The van der Waals surface area contributed by atoms with E-state index in [-0.39, 0.29) is 0 Å². The summed E-state index contributed by atoms with van der Waals surface area (Å²) < 4.78 is 0. The molecule has 5 nitrogen and oxygen atoms in total. The van der Waals surface area contributed by atoms with E-state index in [0.29, 0.717) is 18.0 Å². The Morgan fingerprint density at radius 1 is 1.32 bits per heavy atom. The van der Waals surface area contributed by atoms with Crippen LogP contribution in [0.4, 0.5) is 4.79 Å². The van der Waals surface area contributed by atoms with Crippen LogP contribution in [-0.2, 0) is 11.3 Å². The molecule has 0 radical (unpaired) electrons. The number of carboxylic acid groups (broad SMARTS) is 1. The lowest BCUT2D eigenvalue weighted by molar-refractivity contribution is -0.143. The largest absolute Gasteiger partial charge is 0.480 e. The first kappa shape index (κ1) is 15.3. The van der Waals surface area contributed by atoms with Crippen LogP contribution in [0.1, 0.15) is 25.8 Å². The van der Waals surface area contributed by atoms with Crippen molar-refractivity contribution in [1.29, 1.82) is 0 Å². The molecule has 0 heterocycles. The number of hydrogen-bond donors (Lipinski definition) is 3. The summed E-state index contributed by atoms with van der Waals surface area (Å²) in [6.45, 7) is 3.48. The standard InChI is InChI=1S/C13H17ClN2O3/c1-3-13(2,11(17)18)16-12(19)15-8-9-4-6-10(14)7-5-9/h4-7H,3,8H2,1-2H3,(H,17,18)(H2,15,16,19). The molecule has 0 saturated carbocycles. The Bertz CT molecular complexity index is 461. The van der Waals surface area contributed by atoms with Crippen LogP contribution in [0.15, 0.2) is 24.3 Å². The molecule has 0 aliphatic heterocycles. The third kappa shape index (κ3) is 4.44. The molecule has 1 aromatic carbocycles. The van der Waals surface area contributed by atoms with Crippen LogP contribution >= 0.6 is 11.6 Å². The lowest BCUT2D eigenvalue weighted by atomic mass is 10.00. The van der Waals surface area contributed by atoms with Crippen LogP contribution in [0.25, 0.3) is 0 Å². The van der Waals surface area contributed by atoms with Gasteiger partial charge in [-0.2, -0.15) is 0 Å². The molecule has 0 aliphatic rings. The predicted molar refractivity (Wildman–Crippen MR) is 73.2 cm³/mol. The van der Waals surface area contributed by atoms with Crippen LogP contribution in [-0.4, -0.2) is 22.6 Å². The summed E-state index contributed by atoms with van der Waals surface area (Å²) in [6.07, 6.45) is 0.302. The highest BCUT2D eigenvalue weighted by Crippen LogP contribution is 2.10. The molecule has 6 heteroatoms. The van der Waals surface area contributed by atoms with Gasteiger partial charge in [-0.25, -0.2) is 9.59 Å². The van der Waals surface area contributed by atoms with Crippen molar-refractivity contribution in [3.8, 4) is 0 Å². The van der Waals surface area contributed by atoms with Gasteiger partial charge in [-0.05, 0) is 31.0 Å². The summed E-state index contributed by atoms with van der Waals surface area (Å²) in [7, 11) is 0. The summed E-state index contributed by atoms with van der Waals surface area (Å²) >= 11 is 5.75. The number of aliphatic carboxylic acids is 1. The van der Waals surface area contributed by atoms with Gasteiger partial charge in [0, 0.05) is 11.6 Å². The summed E-state index contributed by atoms with van der Waals surface area (Å²) in [5.74, 6) is -1.06. The molecule has 3 N–H and O–H groups in total. The Kier molecular flexibility index (Phi) is 5.18. The van der Waals surface area contributed by atoms with Gasteiger partial charge in [-0.1, -0.05) is 30.7 Å². The fourth-order valence-electron chi connectivity index (χ4n) is 1.37. The minimum absolute atomic E-state index is 0.302. The number of hydrogen-bond acceptors (Lipinski definition) is 2. The van der Waals surface area contributed by atoms with Crippen molar-refractivity contribution in [2.24, 2.45) is 0 Å². The highest BCUT2D eigenvalue weighted by atomic mass is 35.5. The highest BCUT2D eigenvalue weighted by Gasteiger charge is 2.32. The van der Waals surface area contributed by atoms with Crippen LogP contribution in [0.5, 0.6) is 0 Å². The number of rotatable bonds is 5. The molecule has 1 aromatic rings. The van der Waals surface area contributed by atoms with Crippen LogP contribution in [0.3, 0.4) is 0 Å². The van der Waals surface area contributed by atoms with Crippen molar-refractivity contribution < 1.29 is 14.7 Å². The fourth-order valence-corrected chi connectivity index (χ4v) is 1.50. The second-order valence-electron chi connectivity index (χ2n) is 4.42. The van der Waals surface area contributed by atoms with Crippen molar-refractivity contribution in [3.05, 3.63) is 34.9 Å². The Labute approximate surface area is 117 Å². The monoisotopic (exact) mass is 284 g/mol. The number of benzene rings is 1. The maximum Gasteiger partial charge on any atom is 0.329 e. The Morgan fingerprint density at radius 2 is 1.89 bits per heavy atom. The van der Waals surface area contributed by atoms with Gasteiger partial charge >= 0.3 is 12.0 Å². The Morgan fingerprint density at radius 3 is 2.37 bits per heavy atom. The number of carboxylic acids is 1. The third-order valence-corrected chi connectivity index (χ3v) is 3.19. The fraction of sp³-hybridized carbons (Fsp3) is 0.385. The quantitative estimate of drug-likeness (QED) is 0.777. The van der Waals surface area contributed by atoms with Crippen LogP contribution in [0.2, 0.25) is 5.02 Å². The zero-order valence-electron chi connectivity index (χ0n) is 10.9. The number of carbonyl (C=O) groups excluding carboxylic acids is 1. The van der Waals surface area contributed by atoms with Crippen molar-refractivity contribution in [2.45, 2.75) is 32.4 Å². The first-order valence-electron chi connectivity index (χ1n) is 5.91. The molecule has 0 aromatic heterocycles. The minimum Gasteiger partial charge on any atom is -0.480 e. The topological polar surface area (TPSA) is 78.4 Å². The molecule has 0 saturated heterocycles. The van der Waals surface area contributed by atoms with Crippen molar-refractivity contribution in [3.63, 3.8) is 0 Å². The van der Waals surface area contributed by atoms with Gasteiger partial charge < -0.3 is 15.7 Å². The molecule has 1 unspecified atom stereocenters. The molecule has 1 rings (SSSR count). The number of urea groups is 1. The number of halogens is 1.